The van der Waals surface area contributed by atoms with Crippen LogP contribution in [-0.4, -0.2) is 10.7 Å². The third-order valence-corrected chi connectivity index (χ3v) is 2.84. The van der Waals surface area contributed by atoms with Gasteiger partial charge in [-0.3, -0.25) is 0 Å². The van der Waals surface area contributed by atoms with E-state index in [1.54, 1.807) is 0 Å². The van der Waals surface area contributed by atoms with Gasteiger partial charge in [0.1, 0.15) is 0 Å². The first-order valence-electron chi connectivity index (χ1n) is 5.64. The van der Waals surface area contributed by atoms with Crippen LogP contribution in [0.4, 0.5) is 0 Å². The smallest absolute Gasteiger partial charge is 0.0899 e. The Morgan fingerprint density at radius 3 is 2.36 bits per heavy atom. The zero-order valence-corrected chi connectivity index (χ0v) is 9.90. The molecule has 0 saturated heterocycles. The lowest BCUT2D eigenvalue weighted by Gasteiger charge is -2.22. The maximum absolute atomic E-state index is 10.00. The molecule has 0 radical (unpaired) electrons. The van der Waals surface area contributed by atoms with Crippen molar-refractivity contribution in [1.82, 2.24) is 0 Å². The Morgan fingerprint density at radius 1 is 1.29 bits per heavy atom. The van der Waals surface area contributed by atoms with Crippen molar-refractivity contribution in [3.05, 3.63) is 17.9 Å². The van der Waals surface area contributed by atoms with E-state index in [1.807, 2.05) is 13.8 Å². The molecular formula is C13H24O. The van der Waals surface area contributed by atoms with E-state index in [4.69, 9.17) is 0 Å². The van der Waals surface area contributed by atoms with Gasteiger partial charge in [-0.1, -0.05) is 45.6 Å². The lowest BCUT2D eigenvalue weighted by atomic mass is 9.91. The van der Waals surface area contributed by atoms with E-state index < -0.39 is 5.60 Å². The van der Waals surface area contributed by atoms with Crippen LogP contribution in [0, 0.1) is 0 Å². The van der Waals surface area contributed by atoms with Gasteiger partial charge in [0.25, 0.3) is 0 Å². The summed E-state index contributed by atoms with van der Waals surface area (Å²) in [4.78, 5) is 0. The van der Waals surface area contributed by atoms with Gasteiger partial charge in [0, 0.05) is 0 Å². The highest BCUT2D eigenvalue weighted by Crippen LogP contribution is 2.22. The Balaban J connectivity index is 3.72. The molecule has 0 spiro atoms. The third kappa shape index (κ3) is 5.26. The molecule has 0 aliphatic carbocycles. The van der Waals surface area contributed by atoms with E-state index in [0.717, 1.165) is 18.4 Å². The van der Waals surface area contributed by atoms with Gasteiger partial charge >= 0.3 is 0 Å². The minimum atomic E-state index is -0.700. The Hall–Kier alpha value is -0.520. The second-order valence-electron chi connectivity index (χ2n) is 4.24. The molecule has 1 N–H and O–H groups in total. The molecule has 0 saturated carbocycles. The summed E-state index contributed by atoms with van der Waals surface area (Å²) in [6.45, 7) is 9.51. The minimum absolute atomic E-state index is 0.700. The molecule has 14 heavy (non-hydrogen) atoms. The molecule has 1 heteroatoms. The molecular weight excluding hydrogens is 172 g/mol. The molecule has 0 aromatic carbocycles. The Labute approximate surface area is 88.5 Å². The van der Waals surface area contributed by atoms with Gasteiger partial charge in [0.2, 0.25) is 0 Å². The zero-order valence-electron chi connectivity index (χ0n) is 9.90. The van der Waals surface area contributed by atoms with E-state index >= 15 is 0 Å². The fraction of sp³-hybridized carbons (Fsp3) is 0.769. The molecule has 0 heterocycles. The molecule has 0 aliphatic heterocycles. The number of rotatable bonds is 7. The second-order valence-corrected chi connectivity index (χ2v) is 4.24. The first-order valence-corrected chi connectivity index (χ1v) is 5.64. The molecule has 1 unspecified atom stereocenters. The maximum Gasteiger partial charge on any atom is 0.0899 e. The van der Waals surface area contributed by atoms with Crippen molar-refractivity contribution in [2.75, 3.05) is 0 Å². The number of unbranched alkanes of at least 4 members (excludes halogenated alkanes) is 4. The fourth-order valence-electron chi connectivity index (χ4n) is 1.45. The fourth-order valence-corrected chi connectivity index (χ4v) is 1.45. The summed E-state index contributed by atoms with van der Waals surface area (Å²) in [5, 5.41) is 10.00. The quantitative estimate of drug-likeness (QED) is 0.484. The van der Waals surface area contributed by atoms with Crippen LogP contribution in [0.5, 0.6) is 0 Å². The second kappa shape index (κ2) is 6.86. The molecule has 0 rings (SSSR count). The molecule has 0 bridgehead atoms. The van der Waals surface area contributed by atoms with Crippen LogP contribution in [0.15, 0.2) is 17.9 Å². The van der Waals surface area contributed by atoms with Crippen LogP contribution >= 0.6 is 0 Å². The Morgan fingerprint density at radius 2 is 1.86 bits per heavy atom. The van der Waals surface area contributed by atoms with E-state index in [0.29, 0.717) is 0 Å². The molecule has 0 aromatic heterocycles. The lowest BCUT2D eigenvalue weighted by molar-refractivity contribution is 0.0861. The first-order chi connectivity index (χ1) is 6.54. The van der Waals surface area contributed by atoms with Gasteiger partial charge < -0.3 is 5.11 Å². The van der Waals surface area contributed by atoms with Crippen LogP contribution in [-0.2, 0) is 0 Å². The Bertz CT molecular complexity index is 197. The van der Waals surface area contributed by atoms with Crippen LogP contribution < -0.4 is 0 Å². The summed E-state index contributed by atoms with van der Waals surface area (Å²) >= 11 is 0. The van der Waals surface area contributed by atoms with Crippen molar-refractivity contribution in [2.24, 2.45) is 0 Å². The summed E-state index contributed by atoms with van der Waals surface area (Å²) in [5.74, 6) is 0. The topological polar surface area (TPSA) is 20.2 Å². The first kappa shape index (κ1) is 13.5. The van der Waals surface area contributed by atoms with Gasteiger partial charge in [-0.25, -0.2) is 0 Å². The van der Waals surface area contributed by atoms with Crippen molar-refractivity contribution < 1.29 is 5.11 Å². The van der Waals surface area contributed by atoms with E-state index in [-0.39, 0.29) is 0 Å². The summed E-state index contributed by atoms with van der Waals surface area (Å²) in [5.41, 5.74) is 2.93. The third-order valence-electron chi connectivity index (χ3n) is 2.84. The monoisotopic (exact) mass is 196 g/mol. The predicted octanol–water partition coefficient (Wildman–Crippen LogP) is 3.83. The normalized spacial score (nSPS) is 14.6. The minimum Gasteiger partial charge on any atom is -0.385 e. The van der Waals surface area contributed by atoms with Crippen molar-refractivity contribution >= 4 is 0 Å². The van der Waals surface area contributed by atoms with Gasteiger partial charge in [-0.05, 0) is 25.8 Å². The van der Waals surface area contributed by atoms with Crippen LogP contribution in [0.2, 0.25) is 0 Å². The van der Waals surface area contributed by atoms with Crippen LogP contribution in [0.25, 0.3) is 0 Å². The highest BCUT2D eigenvalue weighted by Gasteiger charge is 2.21. The van der Waals surface area contributed by atoms with Gasteiger partial charge in [-0.15, -0.1) is 5.73 Å². The average molecular weight is 196 g/mol. The predicted molar refractivity (Wildman–Crippen MR) is 62.3 cm³/mol. The van der Waals surface area contributed by atoms with Gasteiger partial charge in [0.15, 0.2) is 0 Å². The molecule has 0 aromatic rings. The van der Waals surface area contributed by atoms with Crippen LogP contribution in [0.1, 0.15) is 59.3 Å². The number of aliphatic hydroxyl groups is 1. The molecule has 0 amide bonds. The maximum atomic E-state index is 10.00. The largest absolute Gasteiger partial charge is 0.385 e. The standard InChI is InChI=1S/C13H24O/c1-5-7-8-9-10-11-13(4,14)12(3)6-2/h14H,2,5,7-11H2,1,3-4H3. The highest BCUT2D eigenvalue weighted by atomic mass is 16.3. The van der Waals surface area contributed by atoms with Crippen molar-refractivity contribution in [3.63, 3.8) is 0 Å². The molecule has 0 aliphatic rings. The highest BCUT2D eigenvalue weighted by molar-refractivity contribution is 5.09. The van der Waals surface area contributed by atoms with E-state index in [2.05, 4.69) is 19.2 Å². The van der Waals surface area contributed by atoms with Crippen molar-refractivity contribution in [3.8, 4) is 0 Å². The number of hydrogen-bond acceptors (Lipinski definition) is 1. The summed E-state index contributed by atoms with van der Waals surface area (Å²) in [7, 11) is 0. The molecule has 1 atom stereocenters. The van der Waals surface area contributed by atoms with Crippen molar-refractivity contribution in [2.45, 2.75) is 64.9 Å². The molecule has 1 nitrogen and oxygen atoms in total. The van der Waals surface area contributed by atoms with E-state index in [9.17, 15) is 5.11 Å². The molecule has 0 fully saturated rings. The van der Waals surface area contributed by atoms with Crippen LogP contribution in [0.3, 0.4) is 0 Å². The van der Waals surface area contributed by atoms with Crippen molar-refractivity contribution in [1.29, 1.82) is 0 Å². The average Bonchev–Trinajstić information content (AvgIpc) is 2.16. The van der Waals surface area contributed by atoms with Gasteiger partial charge in [0.05, 0.1) is 5.60 Å². The SMILES string of the molecule is C=C=C(C)C(C)(O)CCCCCCC. The summed E-state index contributed by atoms with van der Waals surface area (Å²) in [6.07, 6.45) is 6.98. The zero-order chi connectivity index (χ0) is 11.0. The summed E-state index contributed by atoms with van der Waals surface area (Å²) < 4.78 is 0. The Kier molecular flexibility index (Phi) is 6.61. The lowest BCUT2D eigenvalue weighted by Crippen LogP contribution is -2.24. The van der Waals surface area contributed by atoms with Gasteiger partial charge in [-0.2, -0.15) is 0 Å². The summed E-state index contributed by atoms with van der Waals surface area (Å²) in [6, 6.07) is 0. The van der Waals surface area contributed by atoms with E-state index in [1.165, 1.54) is 25.7 Å². The number of hydrogen-bond donors (Lipinski definition) is 1. The molecule has 82 valence electrons.